The van der Waals surface area contributed by atoms with Gasteiger partial charge in [0, 0.05) is 43.8 Å². The highest BCUT2D eigenvalue weighted by molar-refractivity contribution is 7.18. The first-order valence-corrected chi connectivity index (χ1v) is 11.8. The monoisotopic (exact) mass is 452 g/mol. The van der Waals surface area contributed by atoms with E-state index in [2.05, 4.69) is 23.2 Å². The molecule has 33 heavy (non-hydrogen) atoms. The van der Waals surface area contributed by atoms with Crippen molar-refractivity contribution >= 4 is 27.5 Å². The first-order valence-electron chi connectivity index (χ1n) is 11.0. The van der Waals surface area contributed by atoms with Crippen LogP contribution in [0.15, 0.2) is 91.1 Å². The molecule has 164 valence electrons. The van der Waals surface area contributed by atoms with Crippen molar-refractivity contribution in [3.05, 3.63) is 102 Å². The molecule has 0 spiro atoms. The van der Waals surface area contributed by atoms with Crippen LogP contribution in [0, 0.1) is 0 Å². The van der Waals surface area contributed by atoms with E-state index in [0.717, 1.165) is 37.7 Å². The fourth-order valence-electron chi connectivity index (χ4n) is 3.85. The van der Waals surface area contributed by atoms with Crippen LogP contribution in [0.4, 0.5) is 0 Å². The van der Waals surface area contributed by atoms with Crippen LogP contribution in [0.3, 0.4) is 0 Å². The number of benzene rings is 3. The number of rotatable bonds is 7. The smallest absolute Gasteiger partial charge is 0.223 e. The second-order valence-electron chi connectivity index (χ2n) is 7.97. The second kappa shape index (κ2) is 9.38. The number of amides is 1. The number of thiazole rings is 1. The maximum absolute atomic E-state index is 12.9. The van der Waals surface area contributed by atoms with Gasteiger partial charge in [0.1, 0.15) is 0 Å². The summed E-state index contributed by atoms with van der Waals surface area (Å²) in [5.74, 6) is 0.0979. The van der Waals surface area contributed by atoms with Crippen molar-refractivity contribution in [2.24, 2.45) is 0 Å². The van der Waals surface area contributed by atoms with Gasteiger partial charge in [-0.2, -0.15) is 5.10 Å². The third-order valence-electron chi connectivity index (χ3n) is 5.58. The molecule has 0 saturated carbocycles. The van der Waals surface area contributed by atoms with Gasteiger partial charge in [-0.15, -0.1) is 11.3 Å². The molecule has 0 atom stereocenters. The van der Waals surface area contributed by atoms with Crippen LogP contribution in [0.5, 0.6) is 0 Å². The lowest BCUT2D eigenvalue weighted by molar-refractivity contribution is -0.130. The minimum absolute atomic E-state index is 0.0979. The zero-order chi connectivity index (χ0) is 22.6. The quantitative estimate of drug-likeness (QED) is 0.316. The molecular weight excluding hydrogens is 428 g/mol. The lowest BCUT2D eigenvalue weighted by Crippen LogP contribution is -2.26. The van der Waals surface area contributed by atoms with E-state index in [4.69, 9.17) is 5.10 Å². The summed E-state index contributed by atoms with van der Waals surface area (Å²) in [6, 6.07) is 28.2. The van der Waals surface area contributed by atoms with Gasteiger partial charge >= 0.3 is 0 Å². The molecule has 5 nitrogen and oxygen atoms in total. The Balaban J connectivity index is 1.33. The first kappa shape index (κ1) is 21.1. The van der Waals surface area contributed by atoms with Gasteiger partial charge in [-0.3, -0.25) is 4.79 Å². The molecule has 0 fully saturated rings. The van der Waals surface area contributed by atoms with Crippen LogP contribution in [0.2, 0.25) is 0 Å². The van der Waals surface area contributed by atoms with Crippen molar-refractivity contribution in [3.63, 3.8) is 0 Å². The van der Waals surface area contributed by atoms with E-state index in [-0.39, 0.29) is 5.91 Å². The van der Waals surface area contributed by atoms with Crippen LogP contribution < -0.4 is 0 Å². The normalized spacial score (nSPS) is 11.1. The number of hydrogen-bond acceptors (Lipinski definition) is 4. The molecule has 5 rings (SSSR count). The number of carbonyl (C=O) groups is 1. The van der Waals surface area contributed by atoms with Crippen LogP contribution in [-0.2, 0) is 17.8 Å². The fourth-order valence-corrected chi connectivity index (χ4v) is 4.82. The Morgan fingerprint density at radius 1 is 0.939 bits per heavy atom. The van der Waals surface area contributed by atoms with E-state index in [1.54, 1.807) is 16.2 Å². The van der Waals surface area contributed by atoms with Gasteiger partial charge in [-0.25, -0.2) is 9.67 Å². The van der Waals surface area contributed by atoms with Gasteiger partial charge in [0.15, 0.2) is 0 Å². The predicted octanol–water partition coefficient (Wildman–Crippen LogP) is 5.74. The third-order valence-corrected chi connectivity index (χ3v) is 6.68. The van der Waals surface area contributed by atoms with Crippen LogP contribution >= 0.6 is 11.3 Å². The number of nitrogens with zero attached hydrogens (tertiary/aromatic N) is 4. The number of aryl methyl sites for hydroxylation is 1. The minimum atomic E-state index is 0.0979. The van der Waals surface area contributed by atoms with Crippen molar-refractivity contribution in [1.82, 2.24) is 19.7 Å². The summed E-state index contributed by atoms with van der Waals surface area (Å²) >= 11 is 1.66. The fraction of sp³-hybridized carbons (Fsp3) is 0.148. The SMILES string of the molecule is CN(Cc1cn(-c2ccccc2)nc1-c1ccccc1)C(=O)CCc1nc2ccccc2s1. The number of para-hydroxylation sites is 2. The molecule has 3 aromatic carbocycles. The zero-order valence-electron chi connectivity index (χ0n) is 18.4. The number of carbonyl (C=O) groups excluding carboxylic acids is 1. The average Bonchev–Trinajstić information content (AvgIpc) is 3.47. The Hall–Kier alpha value is -3.77. The molecule has 0 unspecified atom stereocenters. The summed E-state index contributed by atoms with van der Waals surface area (Å²) in [6.07, 6.45) is 3.11. The molecule has 0 aliphatic rings. The Bertz CT molecular complexity index is 1340. The number of aromatic nitrogens is 3. The Labute approximate surface area is 196 Å². The third kappa shape index (κ3) is 4.71. The second-order valence-corrected chi connectivity index (χ2v) is 9.09. The van der Waals surface area contributed by atoms with E-state index in [0.29, 0.717) is 19.4 Å². The molecule has 0 bridgehead atoms. The van der Waals surface area contributed by atoms with Crippen molar-refractivity contribution in [2.45, 2.75) is 19.4 Å². The summed E-state index contributed by atoms with van der Waals surface area (Å²) in [6.45, 7) is 0.496. The Morgan fingerprint density at radius 2 is 1.64 bits per heavy atom. The molecule has 2 aromatic heterocycles. The predicted molar refractivity (Wildman–Crippen MR) is 133 cm³/mol. The topological polar surface area (TPSA) is 51.0 Å². The lowest BCUT2D eigenvalue weighted by Gasteiger charge is -2.17. The summed E-state index contributed by atoms with van der Waals surface area (Å²) in [4.78, 5) is 19.4. The summed E-state index contributed by atoms with van der Waals surface area (Å²) in [7, 11) is 1.86. The molecule has 0 N–H and O–H groups in total. The largest absolute Gasteiger partial charge is 0.341 e. The Morgan fingerprint density at radius 3 is 2.39 bits per heavy atom. The van der Waals surface area contributed by atoms with Crippen LogP contribution in [-0.4, -0.2) is 32.6 Å². The Kier molecular flexibility index (Phi) is 6.00. The zero-order valence-corrected chi connectivity index (χ0v) is 19.2. The standard InChI is InChI=1S/C27H24N4OS/c1-30(26(32)17-16-25-28-23-14-8-9-15-24(23)33-25)18-21-19-31(22-12-6-3-7-13-22)29-27(21)20-10-4-2-5-11-20/h2-15,19H,16-18H2,1H3. The van der Waals surface area contributed by atoms with Gasteiger partial charge in [0.05, 0.1) is 26.6 Å². The summed E-state index contributed by atoms with van der Waals surface area (Å²) in [5.41, 5.74) is 4.94. The maximum atomic E-state index is 12.9. The molecule has 6 heteroatoms. The van der Waals surface area contributed by atoms with E-state index in [1.807, 2.05) is 84.7 Å². The van der Waals surface area contributed by atoms with Crippen LogP contribution in [0.25, 0.3) is 27.2 Å². The molecule has 1 amide bonds. The lowest BCUT2D eigenvalue weighted by atomic mass is 10.1. The molecule has 0 saturated heterocycles. The highest BCUT2D eigenvalue weighted by Crippen LogP contribution is 2.26. The minimum Gasteiger partial charge on any atom is -0.341 e. The molecule has 5 aromatic rings. The molecule has 0 radical (unpaired) electrons. The molecule has 0 aliphatic carbocycles. The molecule has 2 heterocycles. The van der Waals surface area contributed by atoms with Gasteiger partial charge in [-0.05, 0) is 24.3 Å². The van der Waals surface area contributed by atoms with E-state index in [1.165, 1.54) is 0 Å². The van der Waals surface area contributed by atoms with Crippen molar-refractivity contribution in [1.29, 1.82) is 0 Å². The van der Waals surface area contributed by atoms with E-state index < -0.39 is 0 Å². The van der Waals surface area contributed by atoms with Gasteiger partial charge in [0.25, 0.3) is 0 Å². The maximum Gasteiger partial charge on any atom is 0.223 e. The van der Waals surface area contributed by atoms with Gasteiger partial charge in [-0.1, -0.05) is 60.7 Å². The van der Waals surface area contributed by atoms with E-state index in [9.17, 15) is 4.79 Å². The highest BCUT2D eigenvalue weighted by Gasteiger charge is 2.17. The molecule has 0 aliphatic heterocycles. The summed E-state index contributed by atoms with van der Waals surface area (Å²) in [5, 5.41) is 5.85. The summed E-state index contributed by atoms with van der Waals surface area (Å²) < 4.78 is 3.05. The molecular formula is C27H24N4OS. The van der Waals surface area contributed by atoms with Crippen molar-refractivity contribution < 1.29 is 4.79 Å². The first-order chi connectivity index (χ1) is 16.2. The van der Waals surface area contributed by atoms with E-state index >= 15 is 0 Å². The number of fused-ring (bicyclic) bond motifs is 1. The van der Waals surface area contributed by atoms with Crippen molar-refractivity contribution in [3.8, 4) is 16.9 Å². The van der Waals surface area contributed by atoms with Gasteiger partial charge < -0.3 is 4.90 Å². The van der Waals surface area contributed by atoms with Gasteiger partial charge in [0.2, 0.25) is 5.91 Å². The van der Waals surface area contributed by atoms with Crippen LogP contribution in [0.1, 0.15) is 17.0 Å². The number of hydrogen-bond donors (Lipinski definition) is 0. The van der Waals surface area contributed by atoms with Crippen molar-refractivity contribution in [2.75, 3.05) is 7.05 Å². The average molecular weight is 453 g/mol. The highest BCUT2D eigenvalue weighted by atomic mass is 32.1.